The number of aryl methyl sites for hydroxylation is 1. The van der Waals surface area contributed by atoms with Gasteiger partial charge in [0.15, 0.2) is 5.82 Å². The molecule has 2 aromatic rings. The van der Waals surface area contributed by atoms with E-state index in [1.165, 1.54) is 12.4 Å². The number of nitrogens with one attached hydrogen (secondary N) is 1. The molecule has 5 rings (SSSR count). The molecule has 15 heteroatoms. The predicted octanol–water partition coefficient (Wildman–Crippen LogP) is 1.29. The largest absolute Gasteiger partial charge is 0.492 e. The van der Waals surface area contributed by atoms with E-state index in [2.05, 4.69) is 15.4 Å². The van der Waals surface area contributed by atoms with Crippen LogP contribution in [-0.2, 0) is 21.9 Å². The number of ether oxygens (including phenoxy) is 1. The molecule has 1 amide bonds. The number of likely N-dealkylation sites (tertiary alicyclic amines) is 1. The highest BCUT2D eigenvalue weighted by atomic mass is 32.2. The van der Waals surface area contributed by atoms with E-state index in [1.807, 2.05) is 0 Å². The van der Waals surface area contributed by atoms with Gasteiger partial charge in [0.2, 0.25) is 15.9 Å². The highest BCUT2D eigenvalue weighted by Crippen LogP contribution is 2.37. The lowest BCUT2D eigenvalue weighted by atomic mass is 9.84. The topological polar surface area (TPSA) is 130 Å². The van der Waals surface area contributed by atoms with Crippen LogP contribution >= 0.6 is 0 Å². The zero-order chi connectivity index (χ0) is 28.0. The number of amides is 1. The van der Waals surface area contributed by atoms with Crippen LogP contribution in [0.5, 0.6) is 5.75 Å². The zero-order valence-corrected chi connectivity index (χ0v) is 22.2. The quantitative estimate of drug-likeness (QED) is 0.563. The second-order valence-corrected chi connectivity index (χ2v) is 12.3. The number of carbonyl (C=O) groups excluding carboxylic acids is 1. The molecular formula is C24H31F3N6O5S. The third-order valence-electron chi connectivity index (χ3n) is 7.79. The summed E-state index contributed by atoms with van der Waals surface area (Å²) in [7, 11) is -2.54. The number of fused-ring (bicyclic) bond motifs is 2. The Morgan fingerprint density at radius 1 is 1.23 bits per heavy atom. The van der Waals surface area contributed by atoms with Gasteiger partial charge in [0.1, 0.15) is 23.0 Å². The van der Waals surface area contributed by atoms with Crippen molar-refractivity contribution >= 4 is 15.9 Å². The molecule has 39 heavy (non-hydrogen) atoms. The second kappa shape index (κ2) is 10.3. The van der Waals surface area contributed by atoms with Crippen molar-refractivity contribution in [1.29, 1.82) is 0 Å². The lowest BCUT2D eigenvalue weighted by Gasteiger charge is -2.43. The lowest BCUT2D eigenvalue weighted by Crippen LogP contribution is -2.59. The van der Waals surface area contributed by atoms with Crippen LogP contribution in [0.1, 0.15) is 32.1 Å². The molecule has 3 aliphatic heterocycles. The van der Waals surface area contributed by atoms with Gasteiger partial charge in [0.25, 0.3) is 0 Å². The minimum absolute atomic E-state index is 0.0634. The van der Waals surface area contributed by atoms with E-state index in [1.54, 1.807) is 28.8 Å². The molecule has 3 aliphatic rings. The highest BCUT2D eigenvalue weighted by molar-refractivity contribution is 7.89. The van der Waals surface area contributed by atoms with Gasteiger partial charge in [-0.05, 0) is 31.0 Å². The average Bonchev–Trinajstić information content (AvgIpc) is 3.48. The first-order chi connectivity index (χ1) is 18.4. The molecule has 0 bridgehead atoms. The van der Waals surface area contributed by atoms with Crippen molar-refractivity contribution in [3.63, 3.8) is 0 Å². The number of aliphatic hydroxyl groups is 1. The second-order valence-electron chi connectivity index (χ2n) is 10.4. The number of nitrogens with zero attached hydrogens (tertiary/aromatic N) is 5. The summed E-state index contributed by atoms with van der Waals surface area (Å²) in [6.07, 6.45) is -3.78. The van der Waals surface area contributed by atoms with Crippen molar-refractivity contribution in [1.82, 2.24) is 29.3 Å². The van der Waals surface area contributed by atoms with Crippen LogP contribution in [0.2, 0.25) is 0 Å². The Balaban J connectivity index is 1.46. The summed E-state index contributed by atoms with van der Waals surface area (Å²) in [5, 5.41) is 17.4. The third-order valence-corrected chi connectivity index (χ3v) is 9.70. The predicted molar refractivity (Wildman–Crippen MR) is 132 cm³/mol. The van der Waals surface area contributed by atoms with E-state index in [-0.39, 0.29) is 36.8 Å². The first kappa shape index (κ1) is 27.8. The molecule has 0 unspecified atom stereocenters. The van der Waals surface area contributed by atoms with Crippen LogP contribution in [0.4, 0.5) is 13.2 Å². The number of aliphatic hydroxyl groups excluding tert-OH is 1. The lowest BCUT2D eigenvalue weighted by molar-refractivity contribution is -0.139. The number of hydrogen-bond acceptors (Lipinski definition) is 8. The average molecular weight is 573 g/mol. The first-order valence-corrected chi connectivity index (χ1v) is 14.2. The maximum absolute atomic E-state index is 13.8. The van der Waals surface area contributed by atoms with Crippen molar-refractivity contribution in [2.75, 3.05) is 32.8 Å². The SMILES string of the molecule is Cn1ncnc1-c1ccc2c(c1)OCCC1(CCN(CCC(F)(F)F)CC1)NC(=O)[C@@H]1C[C@@H](O)CN1S2(=O)=O. The van der Waals surface area contributed by atoms with Crippen molar-refractivity contribution in [3.8, 4) is 17.1 Å². The standard InChI is InChI=1S/C24H31F3N6O5S/c1-31-21(28-15-29-31)16-2-3-20-19(12-16)38-11-7-23(4-8-32(9-5-23)10-6-24(25,26)27)30-22(35)18-13-17(34)14-33(18)39(20,36)37/h2-3,12,15,17-18,34H,4-11,13-14H2,1H3,(H,30,35)/t17-,18+/m1/s1. The monoisotopic (exact) mass is 572 g/mol. The number of carbonyl (C=O) groups is 1. The molecule has 2 atom stereocenters. The molecule has 2 N–H and O–H groups in total. The molecule has 1 aromatic carbocycles. The van der Waals surface area contributed by atoms with Gasteiger partial charge >= 0.3 is 6.18 Å². The van der Waals surface area contributed by atoms with Gasteiger partial charge in [0, 0.05) is 57.2 Å². The van der Waals surface area contributed by atoms with Crippen LogP contribution in [0, 0.1) is 0 Å². The summed E-state index contributed by atoms with van der Waals surface area (Å²) in [5.41, 5.74) is -0.209. The molecule has 11 nitrogen and oxygen atoms in total. The Bertz CT molecular complexity index is 1330. The molecular weight excluding hydrogens is 541 g/mol. The van der Waals surface area contributed by atoms with Gasteiger partial charge in [-0.3, -0.25) is 4.79 Å². The molecule has 1 aromatic heterocycles. The number of piperidine rings is 1. The summed E-state index contributed by atoms with van der Waals surface area (Å²) in [6.45, 7) is 0.393. The Labute approximate surface area is 224 Å². The Morgan fingerprint density at radius 3 is 2.64 bits per heavy atom. The Kier molecular flexibility index (Phi) is 7.37. The van der Waals surface area contributed by atoms with Crippen molar-refractivity contribution < 1.29 is 36.2 Å². The molecule has 0 saturated carbocycles. The van der Waals surface area contributed by atoms with Crippen LogP contribution in [0.3, 0.4) is 0 Å². The number of aromatic nitrogens is 3. The summed E-state index contributed by atoms with van der Waals surface area (Å²) in [5.74, 6) is 0.0582. The third kappa shape index (κ3) is 5.76. The first-order valence-electron chi connectivity index (χ1n) is 12.8. The van der Waals surface area contributed by atoms with E-state index in [0.29, 0.717) is 43.7 Å². The van der Waals surface area contributed by atoms with Crippen LogP contribution < -0.4 is 10.1 Å². The Hall–Kier alpha value is -2.75. The smallest absolute Gasteiger partial charge is 0.390 e. The van der Waals surface area contributed by atoms with E-state index in [4.69, 9.17) is 4.74 Å². The van der Waals surface area contributed by atoms with E-state index in [0.717, 1.165) is 4.31 Å². The molecule has 2 saturated heterocycles. The van der Waals surface area contributed by atoms with Crippen molar-refractivity contribution in [3.05, 3.63) is 24.5 Å². The number of rotatable bonds is 3. The fourth-order valence-electron chi connectivity index (χ4n) is 5.57. The Morgan fingerprint density at radius 2 is 1.97 bits per heavy atom. The van der Waals surface area contributed by atoms with Crippen molar-refractivity contribution in [2.24, 2.45) is 7.05 Å². The summed E-state index contributed by atoms with van der Waals surface area (Å²) in [4.78, 5) is 19.3. The molecule has 0 radical (unpaired) electrons. The molecule has 1 spiro atoms. The van der Waals surface area contributed by atoms with Crippen molar-refractivity contribution in [2.45, 2.75) is 60.9 Å². The number of hydrogen-bond donors (Lipinski definition) is 2. The van der Waals surface area contributed by atoms with E-state index < -0.39 is 46.2 Å². The summed E-state index contributed by atoms with van der Waals surface area (Å²) >= 11 is 0. The normalized spacial score (nSPS) is 25.8. The van der Waals surface area contributed by atoms with Crippen LogP contribution in [0.25, 0.3) is 11.4 Å². The van der Waals surface area contributed by atoms with Crippen LogP contribution in [0.15, 0.2) is 29.4 Å². The zero-order valence-electron chi connectivity index (χ0n) is 21.4. The van der Waals surface area contributed by atoms with Gasteiger partial charge in [-0.2, -0.15) is 22.6 Å². The minimum atomic E-state index is -4.25. The molecule has 4 heterocycles. The molecule has 214 valence electrons. The van der Waals surface area contributed by atoms with Gasteiger partial charge in [0.05, 0.1) is 19.1 Å². The molecule has 2 fully saturated rings. The number of halogens is 3. The maximum atomic E-state index is 13.8. The minimum Gasteiger partial charge on any atom is -0.492 e. The van der Waals surface area contributed by atoms with Gasteiger partial charge in [-0.15, -0.1) is 0 Å². The molecule has 0 aliphatic carbocycles. The van der Waals surface area contributed by atoms with Gasteiger partial charge < -0.3 is 20.1 Å². The summed E-state index contributed by atoms with van der Waals surface area (Å²) in [6, 6.07) is 3.43. The maximum Gasteiger partial charge on any atom is 0.390 e. The fraction of sp³-hybridized carbons (Fsp3) is 0.625. The fourth-order valence-corrected chi connectivity index (χ4v) is 7.32. The van der Waals surface area contributed by atoms with Crippen LogP contribution in [-0.4, -0.2) is 100 Å². The number of sulfonamides is 1. The van der Waals surface area contributed by atoms with E-state index in [9.17, 15) is 31.5 Å². The number of alkyl halides is 3. The number of benzene rings is 1. The van der Waals surface area contributed by atoms with E-state index >= 15 is 0 Å². The van der Waals surface area contributed by atoms with Gasteiger partial charge in [-0.25, -0.2) is 18.1 Å². The summed E-state index contributed by atoms with van der Waals surface area (Å²) < 4.78 is 74.3. The highest BCUT2D eigenvalue weighted by Gasteiger charge is 2.47. The van der Waals surface area contributed by atoms with Gasteiger partial charge in [-0.1, -0.05) is 0 Å².